The number of hydrogen-bond acceptors (Lipinski definition) is 3. The first-order valence-corrected chi connectivity index (χ1v) is 6.17. The summed E-state index contributed by atoms with van der Waals surface area (Å²) in [5.74, 6) is -0.187. The summed E-state index contributed by atoms with van der Waals surface area (Å²) < 4.78 is 0. The molecule has 5 heteroatoms. The highest BCUT2D eigenvalue weighted by atomic mass is 35.5. The largest absolute Gasteiger partial charge is 0.289 e. The third kappa shape index (κ3) is 3.30. The van der Waals surface area contributed by atoms with E-state index in [4.69, 9.17) is 11.6 Å². The predicted octanol–water partition coefficient (Wildman–Crippen LogP) is 4.14. The summed E-state index contributed by atoms with van der Waals surface area (Å²) in [7, 11) is 0. The lowest BCUT2D eigenvalue weighted by Crippen LogP contribution is -1.93. The SMILES string of the molecule is O=C(/C=C\c1cc([N+](=O)[O-])ccc1Cl)c1ccccc1. The number of ketones is 1. The highest BCUT2D eigenvalue weighted by molar-refractivity contribution is 6.32. The Morgan fingerprint density at radius 3 is 2.50 bits per heavy atom. The van der Waals surface area contributed by atoms with Gasteiger partial charge >= 0.3 is 0 Å². The smallest absolute Gasteiger partial charge is 0.270 e. The first-order chi connectivity index (χ1) is 9.58. The quantitative estimate of drug-likeness (QED) is 0.367. The number of nitro groups is 1. The van der Waals surface area contributed by atoms with Gasteiger partial charge in [0.25, 0.3) is 5.69 Å². The Kier molecular flexibility index (Phi) is 4.27. The van der Waals surface area contributed by atoms with E-state index in [9.17, 15) is 14.9 Å². The number of non-ortho nitro benzene ring substituents is 1. The van der Waals surface area contributed by atoms with Gasteiger partial charge in [-0.2, -0.15) is 0 Å². The molecule has 0 N–H and O–H groups in total. The third-order valence-corrected chi connectivity index (χ3v) is 3.01. The van der Waals surface area contributed by atoms with Crippen LogP contribution in [0.25, 0.3) is 6.08 Å². The van der Waals surface area contributed by atoms with Gasteiger partial charge in [-0.05, 0) is 23.8 Å². The van der Waals surface area contributed by atoms with Crippen LogP contribution in [0.15, 0.2) is 54.6 Å². The number of halogens is 1. The fraction of sp³-hybridized carbons (Fsp3) is 0. The Labute approximate surface area is 120 Å². The van der Waals surface area contributed by atoms with Crippen molar-refractivity contribution in [3.63, 3.8) is 0 Å². The number of carbonyl (C=O) groups is 1. The van der Waals surface area contributed by atoms with Crippen LogP contribution in [0, 0.1) is 10.1 Å². The fourth-order valence-electron chi connectivity index (χ4n) is 1.64. The predicted molar refractivity (Wildman–Crippen MR) is 77.9 cm³/mol. The summed E-state index contributed by atoms with van der Waals surface area (Å²) in [6, 6.07) is 12.8. The molecule has 0 bridgehead atoms. The van der Waals surface area contributed by atoms with Gasteiger partial charge in [0.05, 0.1) is 4.92 Å². The molecule has 0 saturated heterocycles. The highest BCUT2D eigenvalue weighted by Gasteiger charge is 2.08. The number of benzene rings is 2. The van der Waals surface area contributed by atoms with Crippen LogP contribution in [-0.2, 0) is 0 Å². The van der Waals surface area contributed by atoms with Crippen molar-refractivity contribution < 1.29 is 9.72 Å². The Hall–Kier alpha value is -2.46. The molecule has 0 spiro atoms. The molecule has 0 heterocycles. The first kappa shape index (κ1) is 14.0. The highest BCUT2D eigenvalue weighted by Crippen LogP contribution is 2.23. The molecule has 0 aromatic heterocycles. The van der Waals surface area contributed by atoms with Crippen molar-refractivity contribution in [2.45, 2.75) is 0 Å². The molecule has 2 rings (SSSR count). The summed E-state index contributed by atoms with van der Waals surface area (Å²) in [5, 5.41) is 11.0. The van der Waals surface area contributed by atoms with E-state index >= 15 is 0 Å². The van der Waals surface area contributed by atoms with Crippen LogP contribution in [0.4, 0.5) is 5.69 Å². The van der Waals surface area contributed by atoms with Crippen LogP contribution in [0.2, 0.25) is 5.02 Å². The summed E-state index contributed by atoms with van der Waals surface area (Å²) >= 11 is 5.95. The average Bonchev–Trinajstić information content (AvgIpc) is 2.46. The molecule has 0 atom stereocenters. The minimum Gasteiger partial charge on any atom is -0.289 e. The zero-order valence-electron chi connectivity index (χ0n) is 10.3. The molecule has 0 aliphatic heterocycles. The van der Waals surface area contributed by atoms with E-state index in [1.54, 1.807) is 24.3 Å². The minimum absolute atomic E-state index is 0.0683. The molecular formula is C15H10ClNO3. The zero-order chi connectivity index (χ0) is 14.5. The molecule has 0 unspecified atom stereocenters. The Balaban J connectivity index is 2.25. The fourth-order valence-corrected chi connectivity index (χ4v) is 1.82. The molecule has 20 heavy (non-hydrogen) atoms. The lowest BCUT2D eigenvalue weighted by Gasteiger charge is -1.98. The van der Waals surface area contributed by atoms with Crippen molar-refractivity contribution in [3.05, 3.63) is 80.9 Å². The first-order valence-electron chi connectivity index (χ1n) is 5.79. The maximum Gasteiger partial charge on any atom is 0.270 e. The van der Waals surface area contributed by atoms with Crippen molar-refractivity contribution in [1.29, 1.82) is 0 Å². The van der Waals surface area contributed by atoms with Crippen molar-refractivity contribution in [2.24, 2.45) is 0 Å². The van der Waals surface area contributed by atoms with Crippen LogP contribution in [0.5, 0.6) is 0 Å². The van der Waals surface area contributed by atoms with E-state index < -0.39 is 4.92 Å². The monoisotopic (exact) mass is 287 g/mol. The standard InChI is InChI=1S/C15H10ClNO3/c16-14-8-7-13(17(19)20)10-12(14)6-9-15(18)11-4-2-1-3-5-11/h1-10H/b9-6-. The van der Waals surface area contributed by atoms with Crippen LogP contribution in [0.3, 0.4) is 0 Å². The number of allylic oxidation sites excluding steroid dienone is 1. The summed E-state index contributed by atoms with van der Waals surface area (Å²) in [5.41, 5.74) is 0.914. The molecule has 4 nitrogen and oxygen atoms in total. The number of nitrogens with zero attached hydrogens (tertiary/aromatic N) is 1. The number of nitro benzene ring substituents is 1. The second-order valence-corrected chi connectivity index (χ2v) is 4.43. The second kappa shape index (κ2) is 6.12. The van der Waals surface area contributed by atoms with Crippen LogP contribution < -0.4 is 0 Å². The number of hydrogen-bond donors (Lipinski definition) is 0. The molecule has 2 aromatic rings. The van der Waals surface area contributed by atoms with E-state index in [0.29, 0.717) is 16.1 Å². The van der Waals surface area contributed by atoms with Gasteiger partial charge < -0.3 is 0 Å². The Morgan fingerprint density at radius 1 is 1.15 bits per heavy atom. The van der Waals surface area contributed by atoms with Crippen molar-refractivity contribution in [3.8, 4) is 0 Å². The molecule has 0 fully saturated rings. The second-order valence-electron chi connectivity index (χ2n) is 4.03. The third-order valence-electron chi connectivity index (χ3n) is 2.66. The van der Waals surface area contributed by atoms with Gasteiger partial charge in [-0.15, -0.1) is 0 Å². The Morgan fingerprint density at radius 2 is 1.85 bits per heavy atom. The van der Waals surface area contributed by atoms with Crippen LogP contribution >= 0.6 is 11.6 Å². The van der Waals surface area contributed by atoms with Gasteiger partial charge in [0.15, 0.2) is 5.78 Å². The van der Waals surface area contributed by atoms with Gasteiger partial charge in [-0.1, -0.05) is 41.9 Å². The van der Waals surface area contributed by atoms with Crippen molar-refractivity contribution >= 4 is 29.1 Å². The van der Waals surface area contributed by atoms with Crippen molar-refractivity contribution in [2.75, 3.05) is 0 Å². The van der Waals surface area contributed by atoms with Crippen molar-refractivity contribution in [1.82, 2.24) is 0 Å². The molecule has 0 aliphatic carbocycles. The lowest BCUT2D eigenvalue weighted by molar-refractivity contribution is -0.384. The van der Waals surface area contributed by atoms with E-state index in [-0.39, 0.29) is 11.5 Å². The van der Waals surface area contributed by atoms with E-state index in [0.717, 1.165) is 0 Å². The Bertz CT molecular complexity index is 681. The average molecular weight is 288 g/mol. The maximum absolute atomic E-state index is 11.9. The van der Waals surface area contributed by atoms with Gasteiger partial charge in [-0.3, -0.25) is 14.9 Å². The summed E-state index contributed by atoms with van der Waals surface area (Å²) in [6.45, 7) is 0. The van der Waals surface area contributed by atoms with E-state index in [1.807, 2.05) is 6.07 Å². The van der Waals surface area contributed by atoms with E-state index in [2.05, 4.69) is 0 Å². The van der Waals surface area contributed by atoms with Gasteiger partial charge in [0, 0.05) is 22.7 Å². The minimum atomic E-state index is -0.507. The topological polar surface area (TPSA) is 60.2 Å². The molecule has 0 radical (unpaired) electrons. The van der Waals surface area contributed by atoms with Gasteiger partial charge in [-0.25, -0.2) is 0 Å². The molecule has 100 valence electrons. The van der Waals surface area contributed by atoms with E-state index in [1.165, 1.54) is 30.4 Å². The van der Waals surface area contributed by atoms with Gasteiger partial charge in [0.2, 0.25) is 0 Å². The number of carbonyl (C=O) groups excluding carboxylic acids is 1. The molecule has 2 aromatic carbocycles. The summed E-state index contributed by atoms with van der Waals surface area (Å²) in [6.07, 6.45) is 2.82. The maximum atomic E-state index is 11.9. The normalized spacial score (nSPS) is 10.7. The molecular weight excluding hydrogens is 278 g/mol. The lowest BCUT2D eigenvalue weighted by atomic mass is 10.1. The van der Waals surface area contributed by atoms with Crippen LogP contribution in [0.1, 0.15) is 15.9 Å². The van der Waals surface area contributed by atoms with Gasteiger partial charge in [0.1, 0.15) is 0 Å². The zero-order valence-corrected chi connectivity index (χ0v) is 11.1. The van der Waals surface area contributed by atoms with Crippen LogP contribution in [-0.4, -0.2) is 10.7 Å². The molecule has 0 amide bonds. The summed E-state index contributed by atoms with van der Waals surface area (Å²) in [4.78, 5) is 22.1. The number of rotatable bonds is 4. The molecule has 0 saturated carbocycles. The molecule has 0 aliphatic rings.